The molecule has 7 nitrogen and oxygen atoms in total. The molecule has 0 heterocycles. The Kier molecular flexibility index (Phi) is 8.20. The van der Waals surface area contributed by atoms with Crippen molar-refractivity contribution < 1.29 is 37.1 Å². The average Bonchev–Trinajstić information content (AvgIpc) is 2.91. The van der Waals surface area contributed by atoms with Gasteiger partial charge in [-0.2, -0.15) is 0 Å². The molecule has 1 unspecified atom stereocenters. The molecule has 4 aromatic carbocycles. The second-order valence-electron chi connectivity index (χ2n) is 7.52. The van der Waals surface area contributed by atoms with Crippen LogP contribution in [0.2, 0.25) is 0 Å². The van der Waals surface area contributed by atoms with Crippen LogP contribution in [0.4, 0.5) is 4.39 Å². The summed E-state index contributed by atoms with van der Waals surface area (Å²) in [4.78, 5) is 25.9. The molecular formula is C27H20BrFO7S. The van der Waals surface area contributed by atoms with Crippen LogP contribution in [0.1, 0.15) is 10.4 Å². The average molecular weight is 587 g/mol. The van der Waals surface area contributed by atoms with Gasteiger partial charge in [-0.3, -0.25) is 0 Å². The highest BCUT2D eigenvalue weighted by atomic mass is 79.9. The van der Waals surface area contributed by atoms with Crippen molar-refractivity contribution in [3.63, 3.8) is 0 Å². The zero-order valence-electron chi connectivity index (χ0n) is 19.7. The maximum atomic E-state index is 13.9. The van der Waals surface area contributed by atoms with Gasteiger partial charge in [0.15, 0.2) is 18.1 Å². The van der Waals surface area contributed by atoms with E-state index in [4.69, 9.17) is 18.9 Å². The lowest BCUT2D eigenvalue weighted by Gasteiger charge is -2.18. The Morgan fingerprint density at radius 3 is 2.30 bits per heavy atom. The first kappa shape index (κ1) is 26.3. The number of fused-ring (bicyclic) bond motifs is 1. The number of hydrogen-bond acceptors (Lipinski definition) is 7. The number of carbonyl (C=O) groups excluding carboxylic acids is 2. The third-order valence-corrected chi connectivity index (χ3v) is 7.74. The van der Waals surface area contributed by atoms with E-state index in [1.54, 1.807) is 48.5 Å². The van der Waals surface area contributed by atoms with Crippen molar-refractivity contribution in [2.75, 3.05) is 20.8 Å². The summed E-state index contributed by atoms with van der Waals surface area (Å²) in [5.41, 5.74) is -0.314. The molecule has 0 aliphatic carbocycles. The Morgan fingerprint density at radius 1 is 0.892 bits per heavy atom. The molecule has 0 bridgehead atoms. The van der Waals surface area contributed by atoms with E-state index < -0.39 is 35.2 Å². The molecule has 0 amide bonds. The van der Waals surface area contributed by atoms with Crippen LogP contribution in [-0.2, 0) is 20.3 Å². The lowest BCUT2D eigenvalue weighted by atomic mass is 10.1. The van der Waals surface area contributed by atoms with Crippen LogP contribution >= 0.6 is 15.9 Å². The Labute approximate surface area is 222 Å². The summed E-state index contributed by atoms with van der Waals surface area (Å²) >= 11 is 3.43. The van der Waals surface area contributed by atoms with E-state index in [0.717, 1.165) is 6.07 Å². The molecule has 37 heavy (non-hydrogen) atoms. The third kappa shape index (κ3) is 5.50. The smallest absolute Gasteiger partial charge is 0.349 e. The van der Waals surface area contributed by atoms with Crippen molar-refractivity contribution in [1.29, 1.82) is 0 Å². The molecular weight excluding hydrogens is 567 g/mol. The molecule has 0 aromatic heterocycles. The number of carbonyl (C=O) groups is 2. The van der Waals surface area contributed by atoms with Gasteiger partial charge in [-0.25, -0.2) is 18.2 Å². The zero-order valence-corrected chi connectivity index (χ0v) is 22.1. The van der Waals surface area contributed by atoms with Gasteiger partial charge in [0.1, 0.15) is 5.82 Å². The summed E-state index contributed by atoms with van der Waals surface area (Å²) < 4.78 is 49.6. The zero-order chi connectivity index (χ0) is 26.5. The molecule has 0 saturated heterocycles. The number of halogens is 2. The Morgan fingerprint density at radius 2 is 1.59 bits per heavy atom. The molecule has 0 fully saturated rings. The number of methoxy groups -OCH3 is 2. The molecule has 190 valence electrons. The Hall–Kier alpha value is -3.76. The molecule has 4 aromatic rings. The van der Waals surface area contributed by atoms with Crippen molar-refractivity contribution in [3.05, 3.63) is 88.6 Å². The Bertz CT molecular complexity index is 1520. The summed E-state index contributed by atoms with van der Waals surface area (Å²) in [6.07, 6.45) is 0. The van der Waals surface area contributed by atoms with Crippen LogP contribution in [0.5, 0.6) is 17.2 Å². The maximum Gasteiger partial charge on any atom is 0.349 e. The van der Waals surface area contributed by atoms with Crippen LogP contribution in [0.15, 0.2) is 87.1 Å². The predicted octanol–water partition coefficient (Wildman–Crippen LogP) is 5.69. The van der Waals surface area contributed by atoms with Gasteiger partial charge in [0, 0.05) is 9.86 Å². The monoisotopic (exact) mass is 586 g/mol. The molecule has 4 rings (SSSR count). The lowest BCUT2D eigenvalue weighted by Crippen LogP contribution is -2.20. The van der Waals surface area contributed by atoms with Gasteiger partial charge < -0.3 is 18.9 Å². The molecule has 0 aliphatic rings. The van der Waals surface area contributed by atoms with Gasteiger partial charge in [0.2, 0.25) is 5.75 Å². The second-order valence-corrected chi connectivity index (χ2v) is 9.80. The quantitative estimate of drug-likeness (QED) is 0.194. The summed E-state index contributed by atoms with van der Waals surface area (Å²) in [5, 5.41) is 0.921. The van der Waals surface area contributed by atoms with Crippen LogP contribution in [0, 0.1) is 5.82 Å². The van der Waals surface area contributed by atoms with Gasteiger partial charge in [-0.1, -0.05) is 36.4 Å². The minimum atomic E-state index is -1.68. The maximum absolute atomic E-state index is 13.9. The van der Waals surface area contributed by atoms with Crippen molar-refractivity contribution in [2.24, 2.45) is 0 Å². The summed E-state index contributed by atoms with van der Waals surface area (Å²) in [5.74, 6) is -2.46. The molecule has 10 heteroatoms. The van der Waals surface area contributed by atoms with E-state index in [-0.39, 0.29) is 22.8 Å². The van der Waals surface area contributed by atoms with Crippen molar-refractivity contribution in [1.82, 2.24) is 0 Å². The normalized spacial score (nSPS) is 11.6. The topological polar surface area (TPSA) is 88.1 Å². The van der Waals surface area contributed by atoms with Gasteiger partial charge in [0.25, 0.3) is 0 Å². The van der Waals surface area contributed by atoms with E-state index in [1.165, 1.54) is 32.4 Å². The van der Waals surface area contributed by atoms with Gasteiger partial charge in [-0.15, -0.1) is 0 Å². The standard InChI is InChI=1S/C27H20BrFO7S/c1-33-20-14-16-8-7-13-22(37(32)21-12-6-4-10-18(21)28)24(16)26(25(20)34-2)36-23(30)15-35-27(31)17-9-3-5-11-19(17)29/h3-14H,15H2,1-2H3. The first-order valence-corrected chi connectivity index (χ1v) is 12.8. The highest BCUT2D eigenvalue weighted by Gasteiger charge is 2.25. The molecule has 1 atom stereocenters. The van der Waals surface area contributed by atoms with Crippen molar-refractivity contribution in [2.45, 2.75) is 9.79 Å². The number of ether oxygens (including phenoxy) is 4. The highest BCUT2D eigenvalue weighted by molar-refractivity contribution is 9.10. The van der Waals surface area contributed by atoms with E-state index in [0.29, 0.717) is 25.0 Å². The van der Waals surface area contributed by atoms with Gasteiger partial charge in [-0.05, 0) is 57.7 Å². The van der Waals surface area contributed by atoms with Gasteiger partial charge >= 0.3 is 11.9 Å². The summed E-state index contributed by atoms with van der Waals surface area (Å²) in [6.45, 7) is -0.801. The second kappa shape index (κ2) is 11.5. The molecule has 0 aliphatic heterocycles. The number of esters is 2. The highest BCUT2D eigenvalue weighted by Crippen LogP contribution is 2.46. The third-order valence-electron chi connectivity index (χ3n) is 5.29. The fraction of sp³-hybridized carbons (Fsp3) is 0.111. The van der Waals surface area contributed by atoms with E-state index in [1.807, 2.05) is 0 Å². The van der Waals surface area contributed by atoms with E-state index >= 15 is 0 Å². The van der Waals surface area contributed by atoms with Crippen molar-refractivity contribution >= 4 is 49.4 Å². The SMILES string of the molecule is COc1cc2cccc(S(=O)c3ccccc3Br)c2c(OC(=O)COC(=O)c2ccccc2F)c1OC. The molecule has 0 N–H and O–H groups in total. The van der Waals surface area contributed by atoms with Crippen LogP contribution in [0.25, 0.3) is 10.8 Å². The fourth-order valence-corrected chi connectivity index (χ4v) is 5.63. The first-order valence-electron chi connectivity index (χ1n) is 10.8. The summed E-state index contributed by atoms with van der Waals surface area (Å²) in [6, 6.07) is 19.1. The lowest BCUT2D eigenvalue weighted by molar-refractivity contribution is -0.137. The van der Waals surface area contributed by atoms with Crippen LogP contribution in [-0.4, -0.2) is 37.0 Å². The number of hydrogen-bond donors (Lipinski definition) is 0. The summed E-state index contributed by atoms with van der Waals surface area (Å²) in [7, 11) is 1.12. The molecule has 0 spiro atoms. The predicted molar refractivity (Wildman–Crippen MR) is 138 cm³/mol. The largest absolute Gasteiger partial charge is 0.493 e. The van der Waals surface area contributed by atoms with Crippen LogP contribution in [0.3, 0.4) is 0 Å². The van der Waals surface area contributed by atoms with E-state index in [9.17, 15) is 18.2 Å². The van der Waals surface area contributed by atoms with Gasteiger partial charge in [0.05, 0.1) is 40.4 Å². The Balaban J connectivity index is 1.74. The minimum absolute atomic E-state index is 0.0557. The molecule has 0 radical (unpaired) electrons. The minimum Gasteiger partial charge on any atom is -0.493 e. The van der Waals surface area contributed by atoms with E-state index in [2.05, 4.69) is 15.9 Å². The van der Waals surface area contributed by atoms with Crippen molar-refractivity contribution in [3.8, 4) is 17.2 Å². The number of benzene rings is 4. The van der Waals surface area contributed by atoms with Crippen LogP contribution < -0.4 is 14.2 Å². The fourth-order valence-electron chi connectivity index (χ4n) is 3.63. The first-order chi connectivity index (χ1) is 17.8. The number of rotatable bonds is 8. The molecule has 0 saturated carbocycles.